The van der Waals surface area contributed by atoms with Gasteiger partial charge in [0.15, 0.2) is 0 Å². The molecular formula is C17H25NO4S. The fourth-order valence-corrected chi connectivity index (χ4v) is 4.67. The van der Waals surface area contributed by atoms with Crippen molar-refractivity contribution >= 4 is 10.0 Å². The van der Waals surface area contributed by atoms with Gasteiger partial charge in [-0.2, -0.15) is 0 Å². The Bertz CT molecular complexity index is 604. The van der Waals surface area contributed by atoms with Gasteiger partial charge in [-0.15, -0.1) is 0 Å². The molecule has 2 aliphatic rings. The first kappa shape index (κ1) is 16.7. The minimum absolute atomic E-state index is 0.0619. The first-order chi connectivity index (χ1) is 11.1. The molecule has 128 valence electrons. The van der Waals surface area contributed by atoms with Crippen LogP contribution in [-0.4, -0.2) is 34.0 Å². The van der Waals surface area contributed by atoms with Crippen LogP contribution in [0.2, 0.25) is 0 Å². The van der Waals surface area contributed by atoms with Gasteiger partial charge in [-0.1, -0.05) is 12.1 Å². The number of methoxy groups -OCH3 is 1. The summed E-state index contributed by atoms with van der Waals surface area (Å²) in [5, 5.41) is 0. The summed E-state index contributed by atoms with van der Waals surface area (Å²) in [7, 11) is -1.73. The van der Waals surface area contributed by atoms with E-state index in [2.05, 4.69) is 4.72 Å². The third-order valence-electron chi connectivity index (χ3n) is 4.55. The van der Waals surface area contributed by atoms with E-state index in [-0.39, 0.29) is 17.9 Å². The monoisotopic (exact) mass is 339 g/mol. The van der Waals surface area contributed by atoms with Crippen LogP contribution in [0.1, 0.15) is 43.7 Å². The first-order valence-corrected chi connectivity index (χ1v) is 9.98. The zero-order valence-corrected chi connectivity index (χ0v) is 14.3. The molecule has 0 radical (unpaired) electrons. The second-order valence-corrected chi connectivity index (χ2v) is 8.27. The molecule has 1 aromatic rings. The van der Waals surface area contributed by atoms with Crippen molar-refractivity contribution in [3.63, 3.8) is 0 Å². The largest absolute Gasteiger partial charge is 0.497 e. The second kappa shape index (κ2) is 7.20. The molecule has 1 aromatic carbocycles. The highest BCUT2D eigenvalue weighted by molar-refractivity contribution is 7.89. The summed E-state index contributed by atoms with van der Waals surface area (Å²) in [5.41, 5.74) is 1.00. The molecule has 2 unspecified atom stereocenters. The lowest BCUT2D eigenvalue weighted by Crippen LogP contribution is -2.37. The van der Waals surface area contributed by atoms with Crippen LogP contribution in [0, 0.1) is 5.92 Å². The average molecular weight is 339 g/mol. The second-order valence-electron chi connectivity index (χ2n) is 6.48. The Kier molecular flexibility index (Phi) is 5.24. The van der Waals surface area contributed by atoms with Gasteiger partial charge in [-0.3, -0.25) is 0 Å². The van der Waals surface area contributed by atoms with E-state index in [0.717, 1.165) is 43.4 Å². The van der Waals surface area contributed by atoms with Crippen molar-refractivity contribution in [2.75, 3.05) is 19.5 Å². The third-order valence-corrected chi connectivity index (χ3v) is 5.98. The molecule has 6 heteroatoms. The lowest BCUT2D eigenvalue weighted by molar-refractivity contribution is 0.0303. The predicted molar refractivity (Wildman–Crippen MR) is 89.0 cm³/mol. The van der Waals surface area contributed by atoms with Crippen LogP contribution in [-0.2, 0) is 14.8 Å². The van der Waals surface area contributed by atoms with E-state index in [9.17, 15) is 8.42 Å². The van der Waals surface area contributed by atoms with E-state index in [1.165, 1.54) is 0 Å². The van der Waals surface area contributed by atoms with Crippen LogP contribution in [0.5, 0.6) is 5.75 Å². The number of benzene rings is 1. The number of rotatable bonds is 7. The Balaban J connectivity index is 1.68. The van der Waals surface area contributed by atoms with Gasteiger partial charge in [0.2, 0.25) is 10.0 Å². The summed E-state index contributed by atoms with van der Waals surface area (Å²) in [5.74, 6) is 1.24. The lowest BCUT2D eigenvalue weighted by atomic mass is 10.0. The van der Waals surface area contributed by atoms with Crippen LogP contribution >= 0.6 is 0 Å². The van der Waals surface area contributed by atoms with Crippen molar-refractivity contribution in [1.29, 1.82) is 0 Å². The molecule has 1 aliphatic carbocycles. The van der Waals surface area contributed by atoms with Gasteiger partial charge in [0.25, 0.3) is 0 Å². The Morgan fingerprint density at radius 1 is 1.22 bits per heavy atom. The minimum Gasteiger partial charge on any atom is -0.497 e. The number of hydrogen-bond acceptors (Lipinski definition) is 4. The summed E-state index contributed by atoms with van der Waals surface area (Å²) in [4.78, 5) is 0. The fourth-order valence-electron chi connectivity index (χ4n) is 3.10. The topological polar surface area (TPSA) is 64.6 Å². The molecule has 2 fully saturated rings. The molecule has 0 spiro atoms. The minimum atomic E-state index is -3.36. The van der Waals surface area contributed by atoms with Crippen molar-refractivity contribution in [2.45, 2.75) is 44.2 Å². The molecule has 0 bridgehead atoms. The maximum atomic E-state index is 12.5. The number of sulfonamides is 1. The van der Waals surface area contributed by atoms with Gasteiger partial charge in [0.05, 0.1) is 19.0 Å². The van der Waals surface area contributed by atoms with E-state index < -0.39 is 10.0 Å². The molecule has 2 atom stereocenters. The molecule has 1 aliphatic heterocycles. The Labute approximate surface area is 138 Å². The summed E-state index contributed by atoms with van der Waals surface area (Å²) >= 11 is 0. The van der Waals surface area contributed by atoms with Gasteiger partial charge in [-0.25, -0.2) is 13.1 Å². The molecule has 1 heterocycles. The first-order valence-electron chi connectivity index (χ1n) is 8.33. The van der Waals surface area contributed by atoms with Crippen molar-refractivity contribution in [3.8, 4) is 5.75 Å². The summed E-state index contributed by atoms with van der Waals surface area (Å²) in [6, 6.07) is 7.50. The zero-order valence-electron chi connectivity index (χ0n) is 13.5. The van der Waals surface area contributed by atoms with Crippen molar-refractivity contribution < 1.29 is 17.9 Å². The fraction of sp³-hybridized carbons (Fsp3) is 0.647. The Hall–Kier alpha value is -1.11. The Morgan fingerprint density at radius 3 is 2.52 bits per heavy atom. The average Bonchev–Trinajstić information content (AvgIpc) is 3.38. The third kappa shape index (κ3) is 4.68. The van der Waals surface area contributed by atoms with Crippen molar-refractivity contribution in [2.24, 2.45) is 5.92 Å². The Morgan fingerprint density at radius 2 is 1.96 bits per heavy atom. The maximum Gasteiger partial charge on any atom is 0.214 e. The molecular weight excluding hydrogens is 314 g/mol. The van der Waals surface area contributed by atoms with Crippen LogP contribution in [0.3, 0.4) is 0 Å². The quantitative estimate of drug-likeness (QED) is 0.829. The van der Waals surface area contributed by atoms with E-state index in [0.29, 0.717) is 12.5 Å². The summed E-state index contributed by atoms with van der Waals surface area (Å²) < 4.78 is 38.7. The van der Waals surface area contributed by atoms with E-state index in [1.807, 2.05) is 24.3 Å². The SMILES string of the molecule is COc1ccc(C(NS(=O)(=O)CC2CCCCO2)C2CC2)cc1. The number of nitrogens with one attached hydrogen (secondary N) is 1. The molecule has 23 heavy (non-hydrogen) atoms. The lowest BCUT2D eigenvalue weighted by Gasteiger charge is -2.24. The zero-order chi connectivity index (χ0) is 16.3. The molecule has 1 N–H and O–H groups in total. The highest BCUT2D eigenvalue weighted by atomic mass is 32.2. The van der Waals surface area contributed by atoms with Crippen molar-refractivity contribution in [1.82, 2.24) is 4.72 Å². The molecule has 1 saturated carbocycles. The summed E-state index contributed by atoms with van der Waals surface area (Å²) in [6.45, 7) is 0.671. The van der Waals surface area contributed by atoms with Gasteiger partial charge in [0.1, 0.15) is 5.75 Å². The predicted octanol–water partition coefficient (Wildman–Crippen LogP) is 2.63. The number of ether oxygens (including phenoxy) is 2. The van der Waals surface area contributed by atoms with E-state index >= 15 is 0 Å². The maximum absolute atomic E-state index is 12.5. The van der Waals surface area contributed by atoms with Crippen LogP contribution in [0.15, 0.2) is 24.3 Å². The smallest absolute Gasteiger partial charge is 0.214 e. The van der Waals surface area contributed by atoms with Gasteiger partial charge in [0, 0.05) is 12.6 Å². The van der Waals surface area contributed by atoms with Crippen LogP contribution in [0.25, 0.3) is 0 Å². The summed E-state index contributed by atoms with van der Waals surface area (Å²) in [6.07, 6.45) is 4.87. The van der Waals surface area contributed by atoms with Gasteiger partial charge >= 0.3 is 0 Å². The van der Waals surface area contributed by atoms with Crippen LogP contribution in [0.4, 0.5) is 0 Å². The van der Waals surface area contributed by atoms with E-state index in [1.54, 1.807) is 7.11 Å². The van der Waals surface area contributed by atoms with Gasteiger partial charge in [-0.05, 0) is 55.7 Å². The highest BCUT2D eigenvalue weighted by Gasteiger charge is 2.35. The van der Waals surface area contributed by atoms with Crippen molar-refractivity contribution in [3.05, 3.63) is 29.8 Å². The van der Waals surface area contributed by atoms with E-state index in [4.69, 9.17) is 9.47 Å². The molecule has 0 amide bonds. The molecule has 3 rings (SSSR count). The standard InChI is InChI=1S/C17H25NO4S/c1-21-15-9-7-14(8-10-15)17(13-5-6-13)18-23(19,20)12-16-4-2-3-11-22-16/h7-10,13,16-18H,2-6,11-12H2,1H3. The normalized spacial score (nSPS) is 23.4. The molecule has 1 saturated heterocycles. The highest BCUT2D eigenvalue weighted by Crippen LogP contribution is 2.41. The van der Waals surface area contributed by atoms with Gasteiger partial charge < -0.3 is 9.47 Å². The van der Waals surface area contributed by atoms with Crippen LogP contribution < -0.4 is 9.46 Å². The number of hydrogen-bond donors (Lipinski definition) is 1. The molecule has 0 aromatic heterocycles. The molecule has 5 nitrogen and oxygen atoms in total.